The molecule has 3 heterocycles. The highest BCUT2D eigenvalue weighted by Gasteiger charge is 2.25. The largest absolute Gasteiger partial charge is 0.333 e. The maximum Gasteiger partial charge on any atom is 0.255 e. The van der Waals surface area contributed by atoms with Gasteiger partial charge in [0, 0.05) is 23.8 Å². The standard InChI is InChI=1S/C16H19ClN4OS/c1-11-15(23-10-20-11)9-21(8-12-2-4-18-6-12)16(22)13-3-5-19-7-14(13)17/h3,5,7,10,12,18H,2,4,6,8-9H2,1H3/t12-/m1/s1. The van der Waals surface area contributed by atoms with Gasteiger partial charge < -0.3 is 10.2 Å². The second kappa shape index (κ2) is 7.38. The second-order valence-corrected chi connectivity index (χ2v) is 7.11. The molecule has 3 rings (SSSR count). The molecule has 1 amide bonds. The first-order valence-corrected chi connectivity index (χ1v) is 8.89. The minimum absolute atomic E-state index is 0.0444. The smallest absolute Gasteiger partial charge is 0.255 e. The molecule has 1 aliphatic rings. The zero-order valence-corrected chi connectivity index (χ0v) is 14.5. The van der Waals surface area contributed by atoms with Gasteiger partial charge in [0.1, 0.15) is 0 Å². The number of carbonyl (C=O) groups is 1. The van der Waals surface area contributed by atoms with Gasteiger partial charge in [0.25, 0.3) is 5.91 Å². The molecule has 23 heavy (non-hydrogen) atoms. The number of hydrogen-bond donors (Lipinski definition) is 1. The minimum atomic E-state index is -0.0444. The number of nitrogens with zero attached hydrogens (tertiary/aromatic N) is 3. The maximum absolute atomic E-state index is 13.0. The van der Waals surface area contributed by atoms with E-state index in [2.05, 4.69) is 15.3 Å². The summed E-state index contributed by atoms with van der Waals surface area (Å²) in [6.45, 7) is 5.25. The van der Waals surface area contributed by atoms with E-state index in [1.807, 2.05) is 17.3 Å². The van der Waals surface area contributed by atoms with Crippen LogP contribution in [0, 0.1) is 12.8 Å². The van der Waals surface area contributed by atoms with E-state index in [0.29, 0.717) is 23.0 Å². The molecule has 0 bridgehead atoms. The summed E-state index contributed by atoms with van der Waals surface area (Å²) in [4.78, 5) is 24.2. The lowest BCUT2D eigenvalue weighted by molar-refractivity contribution is 0.0720. The zero-order chi connectivity index (χ0) is 16.2. The van der Waals surface area contributed by atoms with E-state index in [4.69, 9.17) is 11.6 Å². The first-order valence-electron chi connectivity index (χ1n) is 7.63. The SMILES string of the molecule is Cc1ncsc1CN(C[C@@H]1CCNC1)C(=O)c1ccncc1Cl. The molecule has 1 atom stereocenters. The summed E-state index contributed by atoms with van der Waals surface area (Å²) in [5.41, 5.74) is 3.32. The number of pyridine rings is 1. The second-order valence-electron chi connectivity index (χ2n) is 5.76. The van der Waals surface area contributed by atoms with Crippen molar-refractivity contribution in [3.63, 3.8) is 0 Å². The molecule has 5 nitrogen and oxygen atoms in total. The van der Waals surface area contributed by atoms with Crippen LogP contribution < -0.4 is 5.32 Å². The summed E-state index contributed by atoms with van der Waals surface area (Å²) in [6.07, 6.45) is 4.21. The zero-order valence-electron chi connectivity index (χ0n) is 13.0. The van der Waals surface area contributed by atoms with Gasteiger partial charge in [0.2, 0.25) is 0 Å². The number of rotatable bonds is 5. The van der Waals surface area contributed by atoms with Gasteiger partial charge >= 0.3 is 0 Å². The quantitative estimate of drug-likeness (QED) is 0.900. The fourth-order valence-corrected chi connectivity index (χ4v) is 3.76. The molecule has 122 valence electrons. The van der Waals surface area contributed by atoms with Crippen LogP contribution in [0.4, 0.5) is 0 Å². The van der Waals surface area contributed by atoms with Crippen molar-refractivity contribution in [1.29, 1.82) is 0 Å². The van der Waals surface area contributed by atoms with Crippen LogP contribution in [0.2, 0.25) is 5.02 Å². The first-order chi connectivity index (χ1) is 11.1. The van der Waals surface area contributed by atoms with Crippen LogP contribution in [0.25, 0.3) is 0 Å². The molecule has 0 aromatic carbocycles. The van der Waals surface area contributed by atoms with E-state index >= 15 is 0 Å². The molecular weight excluding hydrogens is 332 g/mol. The molecule has 2 aromatic rings. The van der Waals surface area contributed by atoms with Gasteiger partial charge in [0.05, 0.1) is 28.3 Å². The predicted molar refractivity (Wildman–Crippen MR) is 91.8 cm³/mol. The van der Waals surface area contributed by atoms with Crippen molar-refractivity contribution < 1.29 is 4.79 Å². The summed E-state index contributed by atoms with van der Waals surface area (Å²) in [6, 6.07) is 1.68. The molecule has 2 aromatic heterocycles. The molecule has 0 saturated carbocycles. The Morgan fingerprint density at radius 1 is 1.57 bits per heavy atom. The molecule has 0 radical (unpaired) electrons. The number of nitrogens with one attached hydrogen (secondary N) is 1. The highest BCUT2D eigenvalue weighted by atomic mass is 35.5. The third kappa shape index (κ3) is 3.88. The Hall–Kier alpha value is -1.50. The topological polar surface area (TPSA) is 58.1 Å². The van der Waals surface area contributed by atoms with Crippen LogP contribution in [-0.4, -0.2) is 40.4 Å². The lowest BCUT2D eigenvalue weighted by Crippen LogP contribution is -2.35. The van der Waals surface area contributed by atoms with Crippen molar-refractivity contribution in [3.05, 3.63) is 45.1 Å². The molecule has 1 saturated heterocycles. The van der Waals surface area contributed by atoms with Crippen molar-refractivity contribution in [2.75, 3.05) is 19.6 Å². The minimum Gasteiger partial charge on any atom is -0.333 e. The Balaban J connectivity index is 1.83. The maximum atomic E-state index is 13.0. The summed E-state index contributed by atoms with van der Waals surface area (Å²) >= 11 is 7.75. The molecule has 0 unspecified atom stereocenters. The van der Waals surface area contributed by atoms with Crippen LogP contribution in [0.5, 0.6) is 0 Å². The molecule has 1 N–H and O–H groups in total. The fourth-order valence-electron chi connectivity index (χ4n) is 2.77. The number of halogens is 1. The Bertz CT molecular complexity index is 684. The van der Waals surface area contributed by atoms with Crippen LogP contribution >= 0.6 is 22.9 Å². The van der Waals surface area contributed by atoms with Gasteiger partial charge in [-0.2, -0.15) is 0 Å². The van der Waals surface area contributed by atoms with E-state index in [1.165, 1.54) is 6.20 Å². The van der Waals surface area contributed by atoms with E-state index in [-0.39, 0.29) is 5.91 Å². The number of amides is 1. The predicted octanol–water partition coefficient (Wildman–Crippen LogP) is 2.75. The highest BCUT2D eigenvalue weighted by molar-refractivity contribution is 7.09. The Morgan fingerprint density at radius 3 is 3.09 bits per heavy atom. The monoisotopic (exact) mass is 350 g/mol. The number of aromatic nitrogens is 2. The Kier molecular flexibility index (Phi) is 5.25. The average Bonchev–Trinajstić information content (AvgIpc) is 3.19. The number of thiazole rings is 1. The third-order valence-corrected chi connectivity index (χ3v) is 5.33. The van der Waals surface area contributed by atoms with E-state index < -0.39 is 0 Å². The Morgan fingerprint density at radius 2 is 2.43 bits per heavy atom. The van der Waals surface area contributed by atoms with Crippen molar-refractivity contribution in [1.82, 2.24) is 20.2 Å². The molecule has 1 fully saturated rings. The lowest BCUT2D eigenvalue weighted by atomic mass is 10.1. The van der Waals surface area contributed by atoms with Crippen molar-refractivity contribution in [2.45, 2.75) is 19.9 Å². The number of carbonyl (C=O) groups excluding carboxylic acids is 1. The normalized spacial score (nSPS) is 17.4. The number of aryl methyl sites for hydroxylation is 1. The number of hydrogen-bond acceptors (Lipinski definition) is 5. The van der Waals surface area contributed by atoms with Gasteiger partial charge in [-0.3, -0.25) is 9.78 Å². The molecule has 1 aliphatic heterocycles. The van der Waals surface area contributed by atoms with E-state index in [1.54, 1.807) is 23.6 Å². The van der Waals surface area contributed by atoms with Gasteiger partial charge in [-0.1, -0.05) is 11.6 Å². The lowest BCUT2D eigenvalue weighted by Gasteiger charge is -2.25. The van der Waals surface area contributed by atoms with Gasteiger partial charge in [-0.25, -0.2) is 4.98 Å². The van der Waals surface area contributed by atoms with E-state index in [9.17, 15) is 4.79 Å². The van der Waals surface area contributed by atoms with Crippen molar-refractivity contribution >= 4 is 28.8 Å². The summed E-state index contributed by atoms with van der Waals surface area (Å²) in [5.74, 6) is 0.435. The fraction of sp³-hybridized carbons (Fsp3) is 0.438. The summed E-state index contributed by atoms with van der Waals surface area (Å²) in [7, 11) is 0. The average molecular weight is 351 g/mol. The molecular formula is C16H19ClN4OS. The molecule has 7 heteroatoms. The molecule has 0 aliphatic carbocycles. The van der Waals surface area contributed by atoms with Crippen LogP contribution in [-0.2, 0) is 6.54 Å². The van der Waals surface area contributed by atoms with Crippen LogP contribution in [0.15, 0.2) is 24.0 Å². The van der Waals surface area contributed by atoms with Crippen LogP contribution in [0.1, 0.15) is 27.3 Å². The summed E-state index contributed by atoms with van der Waals surface area (Å²) in [5, 5.41) is 3.75. The van der Waals surface area contributed by atoms with Crippen LogP contribution in [0.3, 0.4) is 0 Å². The Labute approximate surface area is 144 Å². The summed E-state index contributed by atoms with van der Waals surface area (Å²) < 4.78 is 0. The van der Waals surface area contributed by atoms with Gasteiger partial charge in [0.15, 0.2) is 0 Å². The first kappa shape index (κ1) is 16.4. The van der Waals surface area contributed by atoms with Gasteiger partial charge in [-0.15, -0.1) is 11.3 Å². The van der Waals surface area contributed by atoms with E-state index in [0.717, 1.165) is 36.6 Å². The third-order valence-electron chi connectivity index (χ3n) is 4.11. The van der Waals surface area contributed by atoms with Gasteiger partial charge in [-0.05, 0) is 38.4 Å². The highest BCUT2D eigenvalue weighted by Crippen LogP contribution is 2.22. The van der Waals surface area contributed by atoms with Crippen molar-refractivity contribution in [3.8, 4) is 0 Å². The molecule has 0 spiro atoms. The van der Waals surface area contributed by atoms with Crippen molar-refractivity contribution in [2.24, 2.45) is 5.92 Å².